The fraction of sp³-hybridized carbons (Fsp3) is 0.500. The van der Waals surface area contributed by atoms with Crippen molar-refractivity contribution in [3.05, 3.63) is 0 Å². The summed E-state index contributed by atoms with van der Waals surface area (Å²) in [6, 6.07) is 0. The molecular formula is C8H22Cl2CuN10O8. The van der Waals surface area contributed by atoms with Crippen molar-refractivity contribution in [1.29, 1.82) is 10.8 Å². The van der Waals surface area contributed by atoms with Gasteiger partial charge in [-0.1, -0.05) is 0 Å². The number of nitrogens with one attached hydrogen (secondary N) is 2. The van der Waals surface area contributed by atoms with Gasteiger partial charge in [0.15, 0.2) is 11.9 Å². The number of halogens is 2. The molecule has 0 aromatic rings. The first-order valence-corrected chi connectivity index (χ1v) is 8.49. The molecule has 0 bridgehead atoms. The van der Waals surface area contributed by atoms with Gasteiger partial charge < -0.3 is 32.7 Å². The second kappa shape index (κ2) is 18.3. The number of rotatable bonds is 0. The Kier molecular flexibility index (Phi) is 23.9. The van der Waals surface area contributed by atoms with Crippen molar-refractivity contribution in [2.24, 2.45) is 32.9 Å². The third kappa shape index (κ3) is 76.0. The predicted molar refractivity (Wildman–Crippen MR) is 74.4 cm³/mol. The zero-order chi connectivity index (χ0) is 23.9. The summed E-state index contributed by atoms with van der Waals surface area (Å²) in [4.78, 5) is 9.92. The Bertz CT molecular complexity index is 457. The van der Waals surface area contributed by atoms with Crippen molar-refractivity contribution in [2.45, 2.75) is 0 Å². The molecule has 0 aromatic heterocycles. The molecule has 29 heavy (non-hydrogen) atoms. The molecule has 0 rings (SSSR count). The van der Waals surface area contributed by atoms with Crippen LogP contribution in [0.15, 0.2) is 9.98 Å². The molecule has 0 unspecified atom stereocenters. The first-order chi connectivity index (χ1) is 12.1. The van der Waals surface area contributed by atoms with Gasteiger partial charge in [0.1, 0.15) is 0 Å². The minimum Gasteiger partial charge on any atom is -0.370 e. The third-order valence-electron chi connectivity index (χ3n) is 1.32. The summed E-state index contributed by atoms with van der Waals surface area (Å²) >= 11 is 0. The maximum atomic E-state index is 8.49. The van der Waals surface area contributed by atoms with E-state index < -0.39 is 20.5 Å². The third-order valence-corrected chi connectivity index (χ3v) is 1.32. The van der Waals surface area contributed by atoms with Crippen LogP contribution < -0.4 is 60.2 Å². The maximum Gasteiger partial charge on any atom is 2.00 e. The molecule has 0 aliphatic rings. The van der Waals surface area contributed by atoms with Crippen LogP contribution in [0.4, 0.5) is 0 Å². The summed E-state index contributed by atoms with van der Waals surface area (Å²) in [6.07, 6.45) is 0. The number of guanidine groups is 4. The van der Waals surface area contributed by atoms with E-state index in [4.69, 9.17) is 71.0 Å². The molecule has 0 aliphatic carbocycles. The number of hydrogen-bond acceptors (Lipinski definition) is 10. The van der Waals surface area contributed by atoms with Gasteiger partial charge in [-0.25, -0.2) is 37.3 Å². The van der Waals surface area contributed by atoms with Crippen LogP contribution in [0.25, 0.3) is 0 Å². The van der Waals surface area contributed by atoms with Crippen LogP contribution in [0, 0.1) is 31.3 Å². The fourth-order valence-corrected chi connectivity index (χ4v) is 0.445. The molecule has 0 atom stereocenters. The minimum atomic E-state index is -4.94. The average Bonchev–Trinajstić information content (AvgIpc) is 2.33. The van der Waals surface area contributed by atoms with Crippen molar-refractivity contribution < 1.29 is 74.8 Å². The molecule has 0 saturated heterocycles. The number of nitrogens with two attached hydrogens (primary N) is 4. The van der Waals surface area contributed by atoms with Gasteiger partial charge in [-0.3, -0.25) is 10.8 Å². The Labute approximate surface area is 180 Å². The van der Waals surface area contributed by atoms with Crippen LogP contribution in [-0.4, -0.2) is 61.8 Å². The monoisotopic (exact) mass is 519 g/mol. The molecule has 10 N–H and O–H groups in total. The smallest absolute Gasteiger partial charge is 0.370 e. The molecule has 0 saturated carbocycles. The molecule has 0 aliphatic heterocycles. The van der Waals surface area contributed by atoms with E-state index in [1.165, 1.54) is 9.80 Å². The van der Waals surface area contributed by atoms with Crippen molar-refractivity contribution in [3.8, 4) is 0 Å². The number of nitrogens with zero attached hydrogens (tertiary/aromatic N) is 4. The Morgan fingerprint density at radius 2 is 0.759 bits per heavy atom. The van der Waals surface area contributed by atoms with Crippen molar-refractivity contribution >= 4 is 23.8 Å². The first-order valence-electron chi connectivity index (χ1n) is 6.02. The second-order valence-corrected chi connectivity index (χ2v) is 5.78. The first kappa shape index (κ1) is 37.9. The van der Waals surface area contributed by atoms with E-state index in [0.717, 1.165) is 0 Å². The van der Waals surface area contributed by atoms with Gasteiger partial charge in [0.25, 0.3) is 0 Å². The van der Waals surface area contributed by atoms with Gasteiger partial charge in [-0.05, 0) is 0 Å². The molecule has 18 nitrogen and oxygen atoms in total. The SMILES string of the molecule is CN(C)C(=N)N=C(N)N.CN(C)C(=N)N=C(N)N.[Cu+2].[O-][Cl+3]([O-])([O-])[O-].[O-][Cl+3]([O-])([O-])[O-]. The molecule has 0 fully saturated rings. The molecule has 1 radical (unpaired) electrons. The summed E-state index contributed by atoms with van der Waals surface area (Å²) in [7, 11) is -3.13. The fourth-order valence-electron chi connectivity index (χ4n) is 0.445. The molecule has 0 heterocycles. The van der Waals surface area contributed by atoms with Gasteiger partial charge in [-0.15, -0.1) is 20.5 Å². The Balaban J connectivity index is -0.0000000907. The summed E-state index contributed by atoms with van der Waals surface area (Å²) < 4.78 is 67.9. The Morgan fingerprint density at radius 3 is 0.793 bits per heavy atom. The Hall–Kier alpha value is -1.74. The molecular weight excluding hydrogens is 499 g/mol. The maximum absolute atomic E-state index is 8.49. The minimum absolute atomic E-state index is 0. The number of aliphatic imine (C=N–C) groups is 2. The van der Waals surface area contributed by atoms with Gasteiger partial charge in [0.2, 0.25) is 11.9 Å². The van der Waals surface area contributed by atoms with E-state index >= 15 is 0 Å². The standard InChI is InChI=1S/2C4H11N5.2ClHO4.Cu/c2*1-9(2)4(7)8-3(5)6;2*2-1(3,4)5;/h2*1-2H3,(H5,5,6,7,8);2*(H,2,3,4,5);/q;;;;+2/p-2. The zero-order valence-corrected chi connectivity index (χ0v) is 17.9. The topological polar surface area (TPSA) is 367 Å². The van der Waals surface area contributed by atoms with Gasteiger partial charge >= 0.3 is 17.1 Å². The summed E-state index contributed by atoms with van der Waals surface area (Å²) in [6.45, 7) is 0. The normalized spacial score (nSPS) is 9.24. The van der Waals surface area contributed by atoms with Gasteiger partial charge in [0, 0.05) is 28.2 Å². The average molecular weight is 521 g/mol. The van der Waals surface area contributed by atoms with Crippen molar-refractivity contribution in [1.82, 2.24) is 9.80 Å². The van der Waals surface area contributed by atoms with E-state index in [2.05, 4.69) is 9.98 Å². The Morgan fingerprint density at radius 1 is 0.621 bits per heavy atom. The van der Waals surface area contributed by atoms with E-state index in [9.17, 15) is 0 Å². The van der Waals surface area contributed by atoms with E-state index in [0.29, 0.717) is 0 Å². The zero-order valence-electron chi connectivity index (χ0n) is 15.4. The van der Waals surface area contributed by atoms with Gasteiger partial charge in [0.05, 0.1) is 0 Å². The van der Waals surface area contributed by atoms with E-state index in [-0.39, 0.29) is 40.9 Å². The van der Waals surface area contributed by atoms with Crippen molar-refractivity contribution in [3.63, 3.8) is 0 Å². The van der Waals surface area contributed by atoms with Crippen LogP contribution in [0.3, 0.4) is 0 Å². The van der Waals surface area contributed by atoms with Crippen LogP contribution in [0.1, 0.15) is 0 Å². The summed E-state index contributed by atoms with van der Waals surface area (Å²) in [5.74, 6) is -0.0765. The number of hydrogen-bond donors (Lipinski definition) is 6. The molecule has 21 heteroatoms. The summed E-state index contributed by atoms with van der Waals surface area (Å²) in [5, 5.41) is 14.1. The van der Waals surface area contributed by atoms with Crippen LogP contribution in [0.5, 0.6) is 0 Å². The van der Waals surface area contributed by atoms with Crippen LogP contribution >= 0.6 is 0 Å². The predicted octanol–water partition coefficient (Wildman–Crippen LogP) is -12.0. The largest absolute Gasteiger partial charge is 2.00 e. The van der Waals surface area contributed by atoms with Crippen LogP contribution in [0.2, 0.25) is 0 Å². The van der Waals surface area contributed by atoms with Gasteiger partial charge in [-0.2, -0.15) is 9.98 Å². The molecule has 0 amide bonds. The summed E-state index contributed by atoms with van der Waals surface area (Å²) in [5.41, 5.74) is 20.0. The van der Waals surface area contributed by atoms with Crippen molar-refractivity contribution in [2.75, 3.05) is 28.2 Å². The quantitative estimate of drug-likeness (QED) is 0.0980. The molecule has 0 spiro atoms. The van der Waals surface area contributed by atoms with E-state index in [1.807, 2.05) is 0 Å². The molecule has 177 valence electrons. The second-order valence-electron chi connectivity index (χ2n) is 4.27. The molecule has 0 aromatic carbocycles. The van der Waals surface area contributed by atoms with E-state index in [1.54, 1.807) is 28.2 Å². The van der Waals surface area contributed by atoms with Crippen LogP contribution in [-0.2, 0) is 17.1 Å².